The summed E-state index contributed by atoms with van der Waals surface area (Å²) in [4.78, 5) is 24.7. The van der Waals surface area contributed by atoms with Gasteiger partial charge in [-0.05, 0) is 25.5 Å². The molecule has 5 aromatic rings. The summed E-state index contributed by atoms with van der Waals surface area (Å²) in [5.41, 5.74) is 1.39. The van der Waals surface area contributed by atoms with Crippen molar-refractivity contribution in [3.63, 3.8) is 0 Å². The Balaban J connectivity index is 1.51. The molecule has 3 heterocycles. The van der Waals surface area contributed by atoms with Gasteiger partial charge in [-0.25, -0.2) is 18.7 Å². The van der Waals surface area contributed by atoms with Crippen molar-refractivity contribution >= 4 is 40.0 Å². The van der Waals surface area contributed by atoms with Crippen molar-refractivity contribution in [3.05, 3.63) is 83.3 Å². The molecule has 13 heteroatoms. The fourth-order valence-corrected chi connectivity index (χ4v) is 4.50. The van der Waals surface area contributed by atoms with Crippen LogP contribution in [0.4, 0.5) is 20.3 Å². The van der Waals surface area contributed by atoms with Crippen LogP contribution in [0.25, 0.3) is 22.4 Å². The summed E-state index contributed by atoms with van der Waals surface area (Å²) < 4.78 is 47.2. The second-order valence-corrected chi connectivity index (χ2v) is 9.64. The molecule has 43 heavy (non-hydrogen) atoms. The van der Waals surface area contributed by atoms with E-state index in [0.717, 1.165) is 12.1 Å². The van der Waals surface area contributed by atoms with Crippen molar-refractivity contribution in [2.45, 2.75) is 26.3 Å². The second kappa shape index (κ2) is 13.4. The molecule has 0 bridgehead atoms. The van der Waals surface area contributed by atoms with Gasteiger partial charge in [-0.3, -0.25) is 14.5 Å². The second-order valence-electron chi connectivity index (χ2n) is 9.24. The molecule has 0 atom stereocenters. The van der Waals surface area contributed by atoms with Gasteiger partial charge in [-0.15, -0.1) is 0 Å². The van der Waals surface area contributed by atoms with Crippen molar-refractivity contribution < 1.29 is 27.8 Å². The lowest BCUT2D eigenvalue weighted by Gasteiger charge is -2.13. The van der Waals surface area contributed by atoms with E-state index in [-0.39, 0.29) is 49.3 Å². The number of carbonyl (C=O) groups is 1. The average Bonchev–Trinajstić information content (AvgIpc) is 3.37. The molecular formula is C30H27ClF2N6O4. The highest BCUT2D eigenvalue weighted by Crippen LogP contribution is 2.33. The largest absolute Gasteiger partial charge is 0.494 e. The Labute approximate surface area is 250 Å². The molecule has 0 saturated carbocycles. The summed E-state index contributed by atoms with van der Waals surface area (Å²) in [6, 6.07) is 11.2. The summed E-state index contributed by atoms with van der Waals surface area (Å²) in [7, 11) is 1.33. The minimum atomic E-state index is -0.741. The number of nitrogens with zero attached hydrogens (tertiary/aromatic N) is 5. The number of benzene rings is 2. The number of ether oxygens (including phenoxy) is 3. The normalized spacial score (nSPS) is 11.0. The number of carbonyl (C=O) groups excluding carboxylic acids is 1. The number of para-hydroxylation sites is 1. The fraction of sp³-hybridized carbons (Fsp3) is 0.233. The molecule has 1 N–H and O–H groups in total. The van der Waals surface area contributed by atoms with E-state index in [2.05, 4.69) is 30.1 Å². The number of anilines is 2. The van der Waals surface area contributed by atoms with Crippen LogP contribution in [0, 0.1) is 11.6 Å². The molecule has 0 aliphatic rings. The summed E-state index contributed by atoms with van der Waals surface area (Å²) >= 11 is 6.33. The SMILES string of the molecule is CCOc1cc(F)c(Cn2nc(-c3ncc(OCCCC(=O)OC)c(Nc4ccncc4Cl)n3)c3ccccc32)c(F)c1. The number of halogens is 3. The molecule has 0 saturated heterocycles. The molecule has 222 valence electrons. The van der Waals surface area contributed by atoms with E-state index in [4.69, 9.17) is 21.1 Å². The number of fused-ring (bicyclic) bond motifs is 1. The minimum Gasteiger partial charge on any atom is -0.494 e. The van der Waals surface area contributed by atoms with Gasteiger partial charge in [0.1, 0.15) is 23.1 Å². The molecule has 0 amide bonds. The van der Waals surface area contributed by atoms with E-state index in [0.29, 0.717) is 45.3 Å². The van der Waals surface area contributed by atoms with Crippen LogP contribution in [0.5, 0.6) is 11.5 Å². The van der Waals surface area contributed by atoms with Gasteiger partial charge in [0.05, 0.1) is 49.3 Å². The van der Waals surface area contributed by atoms with E-state index in [1.165, 1.54) is 24.2 Å². The van der Waals surface area contributed by atoms with Gasteiger partial charge in [-0.1, -0.05) is 29.8 Å². The van der Waals surface area contributed by atoms with Crippen LogP contribution in [0.1, 0.15) is 25.3 Å². The van der Waals surface area contributed by atoms with Crippen LogP contribution in [0.2, 0.25) is 5.02 Å². The lowest BCUT2D eigenvalue weighted by molar-refractivity contribution is -0.140. The van der Waals surface area contributed by atoms with E-state index >= 15 is 0 Å². The number of rotatable bonds is 12. The van der Waals surface area contributed by atoms with Crippen LogP contribution in [-0.4, -0.2) is 51.0 Å². The Morgan fingerprint density at radius 1 is 1.09 bits per heavy atom. The Hall–Kier alpha value is -4.84. The summed E-state index contributed by atoms with van der Waals surface area (Å²) in [6.45, 7) is 2.05. The third-order valence-electron chi connectivity index (χ3n) is 6.39. The zero-order valence-corrected chi connectivity index (χ0v) is 24.1. The molecule has 0 aliphatic heterocycles. The van der Waals surface area contributed by atoms with Crippen LogP contribution >= 0.6 is 11.6 Å². The standard InChI is InChI=1S/C30H27ClF2N6O4/c1-3-42-18-13-22(32)20(23(33)14-18)17-39-25-8-5-4-7-19(25)28(38-39)30-35-16-26(43-12-6-9-27(40)41-2)29(37-30)36-24-10-11-34-15-21(24)31/h4-5,7-8,10-11,13-16H,3,6,9,12,17H2,1-2H3,(H,34,35,36,37). The Bertz CT molecular complexity index is 1740. The number of hydrogen-bond acceptors (Lipinski definition) is 9. The lowest BCUT2D eigenvalue weighted by Crippen LogP contribution is -2.08. The first-order chi connectivity index (χ1) is 20.9. The molecule has 10 nitrogen and oxygen atoms in total. The van der Waals surface area contributed by atoms with Crippen molar-refractivity contribution in [3.8, 4) is 23.0 Å². The highest BCUT2D eigenvalue weighted by molar-refractivity contribution is 6.33. The van der Waals surface area contributed by atoms with Crippen LogP contribution in [-0.2, 0) is 16.1 Å². The highest BCUT2D eigenvalue weighted by atomic mass is 35.5. The van der Waals surface area contributed by atoms with Crippen LogP contribution in [0.15, 0.2) is 61.1 Å². The van der Waals surface area contributed by atoms with Crippen LogP contribution < -0.4 is 14.8 Å². The molecule has 0 radical (unpaired) electrons. The Kier molecular flexibility index (Phi) is 9.26. The monoisotopic (exact) mass is 608 g/mol. The average molecular weight is 609 g/mol. The minimum absolute atomic E-state index is 0.114. The van der Waals surface area contributed by atoms with Gasteiger partial charge in [0.25, 0.3) is 0 Å². The molecule has 0 spiro atoms. The van der Waals surface area contributed by atoms with Gasteiger partial charge in [0.15, 0.2) is 17.4 Å². The lowest BCUT2D eigenvalue weighted by atomic mass is 10.1. The number of methoxy groups -OCH3 is 1. The molecular weight excluding hydrogens is 582 g/mol. The summed E-state index contributed by atoms with van der Waals surface area (Å²) in [5.74, 6) is -0.878. The maximum atomic E-state index is 14.9. The Morgan fingerprint density at radius 3 is 2.63 bits per heavy atom. The highest BCUT2D eigenvalue weighted by Gasteiger charge is 2.20. The number of esters is 1. The maximum absolute atomic E-state index is 14.9. The van der Waals surface area contributed by atoms with Crippen LogP contribution in [0.3, 0.4) is 0 Å². The fourth-order valence-electron chi connectivity index (χ4n) is 4.33. The van der Waals surface area contributed by atoms with Crippen molar-refractivity contribution in [2.75, 3.05) is 25.6 Å². The van der Waals surface area contributed by atoms with E-state index < -0.39 is 11.6 Å². The third-order valence-corrected chi connectivity index (χ3v) is 6.70. The summed E-state index contributed by atoms with van der Waals surface area (Å²) in [5, 5.41) is 8.85. The Morgan fingerprint density at radius 2 is 1.88 bits per heavy atom. The first kappa shape index (κ1) is 29.6. The van der Waals surface area contributed by atoms with Gasteiger partial charge in [0, 0.05) is 41.9 Å². The molecule has 0 aliphatic carbocycles. The molecule has 0 fully saturated rings. The van der Waals surface area contributed by atoms with E-state index in [1.54, 1.807) is 31.3 Å². The predicted molar refractivity (Wildman–Crippen MR) is 157 cm³/mol. The zero-order chi connectivity index (χ0) is 30.3. The van der Waals surface area contributed by atoms with Gasteiger partial charge >= 0.3 is 5.97 Å². The molecule has 5 rings (SSSR count). The third kappa shape index (κ3) is 6.81. The summed E-state index contributed by atoms with van der Waals surface area (Å²) in [6.07, 6.45) is 5.14. The predicted octanol–water partition coefficient (Wildman–Crippen LogP) is 6.34. The van der Waals surface area contributed by atoms with E-state index in [1.807, 2.05) is 12.1 Å². The maximum Gasteiger partial charge on any atom is 0.305 e. The number of aromatic nitrogens is 5. The molecule has 3 aromatic heterocycles. The zero-order valence-electron chi connectivity index (χ0n) is 23.3. The van der Waals surface area contributed by atoms with E-state index in [9.17, 15) is 13.6 Å². The van der Waals surface area contributed by atoms with Crippen molar-refractivity contribution in [1.82, 2.24) is 24.7 Å². The molecule has 2 aromatic carbocycles. The number of hydrogen-bond donors (Lipinski definition) is 1. The topological polar surface area (TPSA) is 113 Å². The smallest absolute Gasteiger partial charge is 0.305 e. The van der Waals surface area contributed by atoms with Gasteiger partial charge < -0.3 is 19.5 Å². The first-order valence-electron chi connectivity index (χ1n) is 13.4. The number of nitrogens with one attached hydrogen (secondary N) is 1. The first-order valence-corrected chi connectivity index (χ1v) is 13.8. The van der Waals surface area contributed by atoms with Gasteiger partial charge in [0.2, 0.25) is 0 Å². The van der Waals surface area contributed by atoms with Gasteiger partial charge in [-0.2, -0.15) is 5.10 Å². The molecule has 0 unspecified atom stereocenters. The van der Waals surface area contributed by atoms with Crippen molar-refractivity contribution in [1.29, 1.82) is 0 Å². The van der Waals surface area contributed by atoms with Crippen molar-refractivity contribution in [2.24, 2.45) is 0 Å². The quantitative estimate of drug-likeness (QED) is 0.128. The number of pyridine rings is 1.